The third-order valence-corrected chi connectivity index (χ3v) is 3.75. The summed E-state index contributed by atoms with van der Waals surface area (Å²) in [5.41, 5.74) is 1.16. The van der Waals surface area contributed by atoms with E-state index in [0.717, 1.165) is 22.0 Å². The van der Waals surface area contributed by atoms with Crippen LogP contribution in [0.4, 0.5) is 0 Å². The molecule has 0 unspecified atom stereocenters. The quantitative estimate of drug-likeness (QED) is 0.506. The van der Waals surface area contributed by atoms with Gasteiger partial charge in [-0.2, -0.15) is 0 Å². The van der Waals surface area contributed by atoms with Crippen molar-refractivity contribution in [1.29, 1.82) is 0 Å². The Morgan fingerprint density at radius 1 is 0.650 bits per heavy atom. The zero-order chi connectivity index (χ0) is 14.2. The molecule has 0 saturated heterocycles. The molecule has 0 aromatic heterocycles. The van der Waals surface area contributed by atoms with Gasteiger partial charge in [0.05, 0.1) is 0 Å². The highest BCUT2D eigenvalue weighted by Crippen LogP contribution is 2.15. The van der Waals surface area contributed by atoms with E-state index in [1.165, 1.54) is 0 Å². The molecule has 2 amide bonds. The third kappa shape index (κ3) is 4.32. The van der Waals surface area contributed by atoms with Crippen LogP contribution in [-0.4, -0.2) is 11.8 Å². The fourth-order valence-electron chi connectivity index (χ4n) is 1.41. The Kier molecular flexibility index (Phi) is 5.52. The van der Waals surface area contributed by atoms with Gasteiger partial charge in [-0.25, -0.2) is 0 Å². The molecule has 2 aromatic carbocycles. The summed E-state index contributed by atoms with van der Waals surface area (Å²) in [6.45, 7) is 0. The second-order valence-electron chi connectivity index (χ2n) is 3.76. The van der Waals surface area contributed by atoms with Gasteiger partial charge in [-0.15, -0.1) is 0 Å². The summed E-state index contributed by atoms with van der Waals surface area (Å²) in [7, 11) is 2.13. The Bertz CT molecular complexity index is 523. The lowest BCUT2D eigenvalue weighted by Gasteiger charge is -2.04. The summed E-state index contributed by atoms with van der Waals surface area (Å²) in [5, 5.41) is 0. The summed E-state index contributed by atoms with van der Waals surface area (Å²) in [6.07, 6.45) is 0. The minimum absolute atomic E-state index is 0.197. The van der Waals surface area contributed by atoms with Crippen LogP contribution in [0.1, 0.15) is 20.7 Å². The van der Waals surface area contributed by atoms with Crippen LogP contribution in [-0.2, 0) is 0 Å². The number of rotatable bonds is 5. The lowest BCUT2D eigenvalue weighted by molar-refractivity contribution is 0.0975. The Hall–Kier alpha value is -1.92. The second kappa shape index (κ2) is 7.62. The highest BCUT2D eigenvalue weighted by Gasteiger charge is 2.06. The van der Waals surface area contributed by atoms with Crippen molar-refractivity contribution in [2.24, 2.45) is 0 Å². The molecule has 2 aromatic rings. The lowest BCUT2D eigenvalue weighted by atomic mass is 10.2. The van der Waals surface area contributed by atoms with Gasteiger partial charge in [0, 0.05) is 33.1 Å². The first kappa shape index (κ1) is 14.5. The van der Waals surface area contributed by atoms with E-state index in [1.54, 1.807) is 48.5 Å². The largest absolute Gasteiger partial charge is 0.285 e. The standard InChI is InChI=1S/C14H12N2O2S2/c17-13(11-7-3-1-4-8-11)15-19-20-16-14(18)12-9-5-2-6-10-12/h1-10H,(H,15,17)(H,16,18). The average molecular weight is 304 g/mol. The van der Waals surface area contributed by atoms with Gasteiger partial charge in [0.1, 0.15) is 0 Å². The van der Waals surface area contributed by atoms with Crippen molar-refractivity contribution in [3.8, 4) is 0 Å². The molecule has 0 radical (unpaired) electrons. The van der Waals surface area contributed by atoms with Crippen molar-refractivity contribution in [1.82, 2.24) is 9.44 Å². The van der Waals surface area contributed by atoms with Gasteiger partial charge in [0.25, 0.3) is 11.8 Å². The molecule has 4 nitrogen and oxygen atoms in total. The molecule has 0 saturated carbocycles. The molecular weight excluding hydrogens is 292 g/mol. The van der Waals surface area contributed by atoms with Crippen molar-refractivity contribution in [2.45, 2.75) is 0 Å². The van der Waals surface area contributed by atoms with Crippen LogP contribution >= 0.6 is 22.0 Å². The predicted molar refractivity (Wildman–Crippen MR) is 83.0 cm³/mol. The molecule has 0 aliphatic rings. The van der Waals surface area contributed by atoms with Crippen LogP contribution in [0, 0.1) is 0 Å². The highest BCUT2D eigenvalue weighted by atomic mass is 33.1. The maximum Gasteiger partial charge on any atom is 0.261 e. The van der Waals surface area contributed by atoms with Gasteiger partial charge < -0.3 is 0 Å². The molecule has 6 heteroatoms. The molecule has 0 atom stereocenters. The summed E-state index contributed by atoms with van der Waals surface area (Å²) in [4.78, 5) is 23.4. The fraction of sp³-hybridized carbons (Fsp3) is 0. The van der Waals surface area contributed by atoms with Crippen molar-refractivity contribution in [2.75, 3.05) is 0 Å². The monoisotopic (exact) mass is 304 g/mol. The normalized spacial score (nSPS) is 9.80. The molecule has 2 N–H and O–H groups in total. The number of benzene rings is 2. The first-order valence-electron chi connectivity index (χ1n) is 5.80. The molecule has 0 bridgehead atoms. The van der Waals surface area contributed by atoms with E-state index in [2.05, 4.69) is 9.44 Å². The van der Waals surface area contributed by atoms with Crippen molar-refractivity contribution in [3.05, 3.63) is 71.8 Å². The maximum absolute atomic E-state index is 11.7. The van der Waals surface area contributed by atoms with Crippen LogP contribution in [0.3, 0.4) is 0 Å². The third-order valence-electron chi connectivity index (χ3n) is 2.38. The molecule has 0 fully saturated rings. The molecule has 0 heterocycles. The van der Waals surface area contributed by atoms with E-state index in [4.69, 9.17) is 0 Å². The van der Waals surface area contributed by atoms with E-state index in [0.29, 0.717) is 11.1 Å². The molecule has 0 spiro atoms. The molecule has 0 aliphatic carbocycles. The molecule has 102 valence electrons. The zero-order valence-corrected chi connectivity index (χ0v) is 12.0. The van der Waals surface area contributed by atoms with E-state index < -0.39 is 0 Å². The van der Waals surface area contributed by atoms with Crippen molar-refractivity contribution < 1.29 is 9.59 Å². The minimum atomic E-state index is -0.197. The Morgan fingerprint density at radius 2 is 1.00 bits per heavy atom. The molecule has 0 aliphatic heterocycles. The van der Waals surface area contributed by atoms with Gasteiger partial charge in [0.15, 0.2) is 0 Å². The molecule has 2 rings (SSSR count). The highest BCUT2D eigenvalue weighted by molar-refractivity contribution is 8.75. The summed E-state index contributed by atoms with van der Waals surface area (Å²) in [5.74, 6) is -0.394. The van der Waals surface area contributed by atoms with Gasteiger partial charge >= 0.3 is 0 Å². The van der Waals surface area contributed by atoms with Crippen molar-refractivity contribution in [3.63, 3.8) is 0 Å². The summed E-state index contributed by atoms with van der Waals surface area (Å²) < 4.78 is 5.26. The maximum atomic E-state index is 11.7. The summed E-state index contributed by atoms with van der Waals surface area (Å²) >= 11 is 0. The number of carbonyl (C=O) groups excluding carboxylic acids is 2. The minimum Gasteiger partial charge on any atom is -0.285 e. The van der Waals surface area contributed by atoms with Crippen LogP contribution in [0.25, 0.3) is 0 Å². The van der Waals surface area contributed by atoms with Crippen LogP contribution in [0.5, 0.6) is 0 Å². The predicted octanol–water partition coefficient (Wildman–Crippen LogP) is 3.06. The van der Waals surface area contributed by atoms with E-state index >= 15 is 0 Å². The topological polar surface area (TPSA) is 58.2 Å². The van der Waals surface area contributed by atoms with Gasteiger partial charge in [0.2, 0.25) is 0 Å². The summed E-state index contributed by atoms with van der Waals surface area (Å²) in [6, 6.07) is 17.8. The van der Waals surface area contributed by atoms with Gasteiger partial charge in [-0.3, -0.25) is 19.0 Å². The second-order valence-corrected chi connectivity index (χ2v) is 5.50. The number of amides is 2. The SMILES string of the molecule is O=C(NSSNC(=O)c1ccccc1)c1ccccc1. The Balaban J connectivity index is 1.72. The number of nitrogens with one attached hydrogen (secondary N) is 2. The zero-order valence-electron chi connectivity index (χ0n) is 10.4. The Morgan fingerprint density at radius 3 is 1.35 bits per heavy atom. The lowest BCUT2D eigenvalue weighted by Crippen LogP contribution is -2.18. The smallest absolute Gasteiger partial charge is 0.261 e. The first-order chi connectivity index (χ1) is 9.77. The van der Waals surface area contributed by atoms with Crippen LogP contribution in [0.2, 0.25) is 0 Å². The van der Waals surface area contributed by atoms with Gasteiger partial charge in [-0.05, 0) is 24.3 Å². The van der Waals surface area contributed by atoms with E-state index in [1.807, 2.05) is 12.1 Å². The fourth-order valence-corrected chi connectivity index (χ4v) is 2.59. The number of hydrogen-bond acceptors (Lipinski definition) is 4. The van der Waals surface area contributed by atoms with Gasteiger partial charge in [-0.1, -0.05) is 36.4 Å². The molecular formula is C14H12N2O2S2. The Labute approximate surface area is 125 Å². The molecule has 20 heavy (non-hydrogen) atoms. The van der Waals surface area contributed by atoms with Crippen LogP contribution in [0.15, 0.2) is 60.7 Å². The first-order valence-corrected chi connectivity index (χ1v) is 7.95. The average Bonchev–Trinajstić information content (AvgIpc) is 2.53. The number of hydrogen-bond donors (Lipinski definition) is 2. The van der Waals surface area contributed by atoms with E-state index in [9.17, 15) is 9.59 Å². The van der Waals surface area contributed by atoms with Crippen LogP contribution < -0.4 is 9.44 Å². The number of carbonyl (C=O) groups is 2. The van der Waals surface area contributed by atoms with E-state index in [-0.39, 0.29) is 11.8 Å². The van der Waals surface area contributed by atoms with Crippen molar-refractivity contribution >= 4 is 33.8 Å².